The number of carbonyl (C=O) groups is 1. The van der Waals surface area contributed by atoms with E-state index in [1.54, 1.807) is 12.1 Å². The number of furan rings is 1. The molecule has 0 saturated carbocycles. The SMILES string of the molecule is Cc1cc(-c2ccc(S(=O)(=O)N3CCC(C(=O)N4CCN(c5ccccc5C)CC4)CC3)o2)n[nH]1. The van der Waals surface area contributed by atoms with Gasteiger partial charge in [0, 0.05) is 56.6 Å². The van der Waals surface area contributed by atoms with Gasteiger partial charge in [-0.2, -0.15) is 9.40 Å². The minimum absolute atomic E-state index is 0.0924. The van der Waals surface area contributed by atoms with Gasteiger partial charge < -0.3 is 14.2 Å². The molecule has 1 amide bonds. The number of piperidine rings is 1. The molecule has 3 aromatic rings. The summed E-state index contributed by atoms with van der Waals surface area (Å²) < 4.78 is 33.3. The van der Waals surface area contributed by atoms with E-state index in [4.69, 9.17) is 4.42 Å². The van der Waals surface area contributed by atoms with Crippen molar-refractivity contribution in [3.8, 4) is 11.5 Å². The molecule has 0 aliphatic carbocycles. The lowest BCUT2D eigenvalue weighted by Crippen LogP contribution is -2.52. The Morgan fingerprint density at radius 2 is 1.71 bits per heavy atom. The fraction of sp³-hybridized carbons (Fsp3) is 0.440. The summed E-state index contributed by atoms with van der Waals surface area (Å²) in [4.78, 5) is 17.4. The Morgan fingerprint density at radius 3 is 2.37 bits per heavy atom. The lowest BCUT2D eigenvalue weighted by molar-refractivity contribution is -0.137. The maximum atomic E-state index is 13.2. The van der Waals surface area contributed by atoms with E-state index in [0.717, 1.165) is 18.8 Å². The number of piperazine rings is 1. The van der Waals surface area contributed by atoms with Crippen molar-refractivity contribution >= 4 is 21.6 Å². The van der Waals surface area contributed by atoms with Crippen molar-refractivity contribution in [2.45, 2.75) is 31.8 Å². The van der Waals surface area contributed by atoms with Crippen LogP contribution in [-0.4, -0.2) is 73.0 Å². The smallest absolute Gasteiger partial charge is 0.276 e. The molecule has 35 heavy (non-hydrogen) atoms. The van der Waals surface area contributed by atoms with Gasteiger partial charge in [0.05, 0.1) is 0 Å². The number of aromatic nitrogens is 2. The summed E-state index contributed by atoms with van der Waals surface area (Å²) >= 11 is 0. The number of hydrogen-bond donors (Lipinski definition) is 1. The predicted octanol–water partition coefficient (Wildman–Crippen LogP) is 3.04. The first-order valence-corrected chi connectivity index (χ1v) is 13.5. The molecule has 0 atom stereocenters. The van der Waals surface area contributed by atoms with Gasteiger partial charge in [0.15, 0.2) is 5.76 Å². The van der Waals surface area contributed by atoms with Crippen LogP contribution >= 0.6 is 0 Å². The van der Waals surface area contributed by atoms with Crippen molar-refractivity contribution in [3.63, 3.8) is 0 Å². The summed E-state index contributed by atoms with van der Waals surface area (Å²) in [6.45, 7) is 7.57. The third-order valence-electron chi connectivity index (χ3n) is 6.98. The van der Waals surface area contributed by atoms with Crippen molar-refractivity contribution in [1.29, 1.82) is 0 Å². The molecular weight excluding hydrogens is 466 g/mol. The highest BCUT2D eigenvalue weighted by atomic mass is 32.2. The van der Waals surface area contributed by atoms with Gasteiger partial charge in [-0.15, -0.1) is 0 Å². The van der Waals surface area contributed by atoms with Crippen molar-refractivity contribution in [2.75, 3.05) is 44.2 Å². The molecular formula is C25H31N5O4S. The van der Waals surface area contributed by atoms with Crippen LogP contribution in [0.25, 0.3) is 11.5 Å². The number of nitrogens with one attached hydrogen (secondary N) is 1. The van der Waals surface area contributed by atoms with E-state index in [-0.39, 0.29) is 16.9 Å². The molecule has 10 heteroatoms. The van der Waals surface area contributed by atoms with E-state index in [0.29, 0.717) is 50.5 Å². The molecule has 1 N–H and O–H groups in total. The fourth-order valence-corrected chi connectivity index (χ4v) is 6.34. The Morgan fingerprint density at radius 1 is 1.00 bits per heavy atom. The van der Waals surface area contributed by atoms with Gasteiger partial charge in [0.25, 0.3) is 10.0 Å². The Bertz CT molecular complexity index is 1300. The van der Waals surface area contributed by atoms with Crippen LogP contribution in [0.1, 0.15) is 24.1 Å². The summed E-state index contributed by atoms with van der Waals surface area (Å²) in [5.74, 6) is 0.397. The molecule has 2 aliphatic heterocycles. The molecule has 0 unspecified atom stereocenters. The lowest BCUT2D eigenvalue weighted by Gasteiger charge is -2.39. The Balaban J connectivity index is 1.16. The van der Waals surface area contributed by atoms with Gasteiger partial charge in [-0.25, -0.2) is 8.42 Å². The molecule has 5 rings (SSSR count). The first kappa shape index (κ1) is 23.6. The van der Waals surface area contributed by atoms with Gasteiger partial charge >= 0.3 is 0 Å². The third kappa shape index (κ3) is 4.72. The van der Waals surface area contributed by atoms with Crippen LogP contribution in [0.2, 0.25) is 0 Å². The van der Waals surface area contributed by atoms with E-state index >= 15 is 0 Å². The zero-order valence-electron chi connectivity index (χ0n) is 20.1. The molecule has 9 nitrogen and oxygen atoms in total. The van der Waals surface area contributed by atoms with E-state index < -0.39 is 10.0 Å². The maximum absolute atomic E-state index is 13.2. The molecule has 4 heterocycles. The van der Waals surface area contributed by atoms with Crippen LogP contribution in [0.5, 0.6) is 0 Å². The molecule has 2 aromatic heterocycles. The Labute approximate surface area is 205 Å². The molecule has 2 saturated heterocycles. The first-order valence-electron chi connectivity index (χ1n) is 12.0. The number of H-pyrrole nitrogens is 1. The highest BCUT2D eigenvalue weighted by Crippen LogP contribution is 2.29. The third-order valence-corrected chi connectivity index (χ3v) is 8.76. The van der Waals surface area contributed by atoms with E-state index in [9.17, 15) is 13.2 Å². The van der Waals surface area contributed by atoms with Crippen LogP contribution in [-0.2, 0) is 14.8 Å². The second-order valence-corrected chi connectivity index (χ2v) is 11.2. The summed E-state index contributed by atoms with van der Waals surface area (Å²) in [5.41, 5.74) is 3.89. The summed E-state index contributed by atoms with van der Waals surface area (Å²) in [6.07, 6.45) is 1.03. The topological polar surface area (TPSA) is 103 Å². The Hall–Kier alpha value is -3.11. The molecule has 186 valence electrons. The minimum Gasteiger partial charge on any atom is -0.442 e. The minimum atomic E-state index is -3.76. The van der Waals surface area contributed by atoms with Crippen molar-refractivity contribution in [3.05, 3.63) is 53.7 Å². The number of carbonyl (C=O) groups excluding carboxylic acids is 1. The van der Waals surface area contributed by atoms with Gasteiger partial charge in [0.2, 0.25) is 11.0 Å². The molecule has 2 fully saturated rings. The van der Waals surface area contributed by atoms with Gasteiger partial charge in [-0.3, -0.25) is 9.89 Å². The van der Waals surface area contributed by atoms with E-state index in [1.165, 1.54) is 21.6 Å². The highest BCUT2D eigenvalue weighted by Gasteiger charge is 2.36. The average molecular weight is 498 g/mol. The van der Waals surface area contributed by atoms with Crippen LogP contribution in [0.15, 0.2) is 52.0 Å². The predicted molar refractivity (Wildman–Crippen MR) is 132 cm³/mol. The largest absolute Gasteiger partial charge is 0.442 e. The highest BCUT2D eigenvalue weighted by molar-refractivity contribution is 7.89. The fourth-order valence-electron chi connectivity index (χ4n) is 4.96. The second-order valence-electron chi connectivity index (χ2n) is 9.33. The Kier molecular flexibility index (Phi) is 6.41. The summed E-state index contributed by atoms with van der Waals surface area (Å²) in [6, 6.07) is 13.2. The van der Waals surface area contributed by atoms with Crippen molar-refractivity contribution < 1.29 is 17.6 Å². The van der Waals surface area contributed by atoms with Gasteiger partial charge in [-0.1, -0.05) is 18.2 Å². The van der Waals surface area contributed by atoms with E-state index in [1.807, 2.05) is 24.0 Å². The number of para-hydroxylation sites is 1. The number of benzene rings is 1. The zero-order valence-corrected chi connectivity index (χ0v) is 20.9. The number of aryl methyl sites for hydroxylation is 2. The number of nitrogens with zero attached hydrogens (tertiary/aromatic N) is 4. The van der Waals surface area contributed by atoms with Gasteiger partial charge in [0.1, 0.15) is 5.69 Å². The van der Waals surface area contributed by atoms with E-state index in [2.05, 4.69) is 34.2 Å². The van der Waals surface area contributed by atoms with Crippen LogP contribution in [0, 0.1) is 19.8 Å². The van der Waals surface area contributed by atoms with Crippen molar-refractivity contribution in [1.82, 2.24) is 19.4 Å². The standard InChI is InChI=1S/C25H31N5O4S/c1-18-5-3-4-6-22(18)28-13-15-29(16-14-28)25(31)20-9-11-30(12-10-20)35(32,33)24-8-7-23(34-24)21-17-19(2)26-27-21/h3-8,17,20H,9-16H2,1-2H3,(H,26,27). The molecule has 1 aromatic carbocycles. The lowest BCUT2D eigenvalue weighted by atomic mass is 9.96. The number of hydrogen-bond acceptors (Lipinski definition) is 6. The summed E-state index contributed by atoms with van der Waals surface area (Å²) in [5, 5.41) is 6.85. The van der Waals surface area contributed by atoms with Gasteiger partial charge in [-0.05, 0) is 56.5 Å². The number of anilines is 1. The summed E-state index contributed by atoms with van der Waals surface area (Å²) in [7, 11) is -3.76. The monoisotopic (exact) mass is 497 g/mol. The number of rotatable bonds is 5. The second kappa shape index (κ2) is 9.50. The number of aromatic amines is 1. The quantitative estimate of drug-likeness (QED) is 0.581. The first-order chi connectivity index (χ1) is 16.8. The molecule has 0 spiro atoms. The number of amides is 1. The number of sulfonamides is 1. The zero-order chi connectivity index (χ0) is 24.6. The van der Waals surface area contributed by atoms with Crippen LogP contribution in [0.3, 0.4) is 0 Å². The normalized spacial score (nSPS) is 18.2. The maximum Gasteiger partial charge on any atom is 0.276 e. The van der Waals surface area contributed by atoms with Crippen LogP contribution < -0.4 is 4.90 Å². The molecule has 0 bridgehead atoms. The van der Waals surface area contributed by atoms with Crippen LogP contribution in [0.4, 0.5) is 5.69 Å². The molecule has 2 aliphatic rings. The average Bonchev–Trinajstić information content (AvgIpc) is 3.54. The molecule has 0 radical (unpaired) electrons. The van der Waals surface area contributed by atoms with Crippen molar-refractivity contribution in [2.24, 2.45) is 5.92 Å².